The van der Waals surface area contributed by atoms with Gasteiger partial charge < -0.3 is 29.3 Å². The molecular weight excluding hydrogens is 562 g/mol. The van der Waals surface area contributed by atoms with Gasteiger partial charge in [-0.05, 0) is 36.4 Å². The number of amides is 3. The fraction of sp³-hybridized carbons (Fsp3) is 0.308. The highest BCUT2D eigenvalue weighted by Crippen LogP contribution is 2.29. The molecule has 0 bridgehead atoms. The minimum Gasteiger partial charge on any atom is -0.449 e. The van der Waals surface area contributed by atoms with E-state index >= 15 is 0 Å². The Kier molecular flexibility index (Phi) is 8.14. The van der Waals surface area contributed by atoms with Gasteiger partial charge in [0.05, 0.1) is 18.2 Å². The molecule has 15 heteroatoms. The van der Waals surface area contributed by atoms with Gasteiger partial charge in [-0.1, -0.05) is 22.8 Å². The van der Waals surface area contributed by atoms with E-state index in [1.165, 1.54) is 23.1 Å². The number of aromatic amines is 1. The van der Waals surface area contributed by atoms with Crippen LogP contribution in [0.2, 0.25) is 5.02 Å². The minimum atomic E-state index is -1.63. The second-order valence-electron chi connectivity index (χ2n) is 9.06. The summed E-state index contributed by atoms with van der Waals surface area (Å²) in [5, 5.41) is 6.29. The second kappa shape index (κ2) is 11.9. The third-order valence-electron chi connectivity index (χ3n) is 6.32. The lowest BCUT2D eigenvalue weighted by Crippen LogP contribution is -2.56. The number of hydrogen-bond acceptors (Lipinski definition) is 10. The van der Waals surface area contributed by atoms with E-state index in [0.29, 0.717) is 30.1 Å². The second-order valence-corrected chi connectivity index (χ2v) is 9.46. The van der Waals surface area contributed by atoms with E-state index in [4.69, 9.17) is 25.8 Å². The average Bonchev–Trinajstić information content (AvgIpc) is 3.38. The summed E-state index contributed by atoms with van der Waals surface area (Å²) < 4.78 is 20.6. The van der Waals surface area contributed by atoms with Crippen LogP contribution >= 0.6 is 11.6 Å². The van der Waals surface area contributed by atoms with Crippen LogP contribution in [0.25, 0.3) is 11.4 Å². The summed E-state index contributed by atoms with van der Waals surface area (Å²) in [6.45, 7) is 2.07. The summed E-state index contributed by atoms with van der Waals surface area (Å²) in [4.78, 5) is 67.7. The molecule has 14 nitrogen and oxygen atoms in total. The van der Waals surface area contributed by atoms with E-state index in [0.717, 1.165) is 6.92 Å². The number of H-pyrrole nitrogens is 1. The van der Waals surface area contributed by atoms with Crippen LogP contribution in [0.1, 0.15) is 6.92 Å². The van der Waals surface area contributed by atoms with Crippen molar-refractivity contribution in [3.63, 3.8) is 0 Å². The van der Waals surface area contributed by atoms with Gasteiger partial charge in [0, 0.05) is 42.6 Å². The van der Waals surface area contributed by atoms with Crippen molar-refractivity contribution in [2.75, 3.05) is 48.0 Å². The van der Waals surface area contributed by atoms with E-state index in [1.807, 2.05) is 0 Å². The monoisotopic (exact) mass is 585 g/mol. The van der Waals surface area contributed by atoms with Crippen molar-refractivity contribution in [2.24, 2.45) is 0 Å². The number of esters is 1. The molecule has 0 aliphatic carbocycles. The van der Waals surface area contributed by atoms with E-state index < -0.39 is 35.7 Å². The van der Waals surface area contributed by atoms with Gasteiger partial charge in [0.1, 0.15) is 6.61 Å². The molecule has 2 aliphatic heterocycles. The first-order valence-corrected chi connectivity index (χ1v) is 12.8. The molecule has 0 radical (unpaired) electrons. The number of morpholine rings is 2. The van der Waals surface area contributed by atoms with E-state index in [2.05, 4.69) is 20.0 Å². The third kappa shape index (κ3) is 6.14. The Morgan fingerprint density at radius 3 is 2.54 bits per heavy atom. The van der Waals surface area contributed by atoms with Crippen molar-refractivity contribution < 1.29 is 37.9 Å². The third-order valence-corrected chi connectivity index (χ3v) is 6.63. The first kappa shape index (κ1) is 28.0. The van der Waals surface area contributed by atoms with Gasteiger partial charge in [0.2, 0.25) is 6.10 Å². The Balaban J connectivity index is 1.35. The van der Waals surface area contributed by atoms with Crippen LogP contribution in [0.15, 0.2) is 51.8 Å². The zero-order chi connectivity index (χ0) is 29.1. The normalized spacial score (nSPS) is 18.2. The largest absolute Gasteiger partial charge is 0.449 e. The molecule has 2 atom stereocenters. The van der Waals surface area contributed by atoms with Crippen LogP contribution < -0.4 is 20.9 Å². The lowest BCUT2D eigenvalue weighted by molar-refractivity contribution is -0.167. The molecule has 2 aliphatic rings. The van der Waals surface area contributed by atoms with E-state index in [9.17, 15) is 24.0 Å². The van der Waals surface area contributed by atoms with Gasteiger partial charge in [-0.15, -0.1) is 0 Å². The number of anilines is 3. The van der Waals surface area contributed by atoms with Gasteiger partial charge >= 0.3 is 11.7 Å². The Labute approximate surface area is 237 Å². The molecule has 0 unspecified atom stereocenters. The number of benzene rings is 2. The van der Waals surface area contributed by atoms with Crippen LogP contribution in [-0.4, -0.2) is 78.9 Å². The predicted molar refractivity (Wildman–Crippen MR) is 143 cm³/mol. The smallest absolute Gasteiger partial charge is 0.439 e. The van der Waals surface area contributed by atoms with Crippen molar-refractivity contribution in [3.05, 3.63) is 58.0 Å². The minimum absolute atomic E-state index is 0.0321. The molecule has 41 heavy (non-hydrogen) atoms. The zero-order valence-corrected chi connectivity index (χ0v) is 22.4. The summed E-state index contributed by atoms with van der Waals surface area (Å²) >= 11 is 6.30. The lowest BCUT2D eigenvalue weighted by Gasteiger charge is -2.35. The number of nitrogens with zero attached hydrogens (tertiary/aromatic N) is 3. The maximum Gasteiger partial charge on any atom is 0.439 e. The first-order valence-electron chi connectivity index (χ1n) is 12.5. The quantitative estimate of drug-likeness (QED) is 0.385. The lowest BCUT2D eigenvalue weighted by atomic mass is 10.1. The Bertz CT molecular complexity index is 1550. The van der Waals surface area contributed by atoms with E-state index in [-0.39, 0.29) is 42.2 Å². The van der Waals surface area contributed by atoms with Crippen molar-refractivity contribution in [3.8, 4) is 11.4 Å². The number of rotatable bonds is 7. The molecule has 214 valence electrons. The van der Waals surface area contributed by atoms with Crippen molar-refractivity contribution >= 4 is 52.4 Å². The predicted octanol–water partition coefficient (Wildman–Crippen LogP) is 1.35. The van der Waals surface area contributed by atoms with Crippen LogP contribution in [0.3, 0.4) is 0 Å². The summed E-state index contributed by atoms with van der Waals surface area (Å²) in [7, 11) is 0. The Morgan fingerprint density at radius 1 is 1.10 bits per heavy atom. The molecule has 2 aromatic carbocycles. The number of halogens is 1. The number of carbonyl (C=O) groups excluding carboxylic acids is 4. The molecule has 0 spiro atoms. The molecule has 2 saturated heterocycles. The molecule has 1 aromatic heterocycles. The van der Waals surface area contributed by atoms with Crippen LogP contribution in [0.5, 0.6) is 0 Å². The molecular formula is C26H24ClN5O9. The Morgan fingerprint density at radius 2 is 1.85 bits per heavy atom. The van der Waals surface area contributed by atoms with Crippen molar-refractivity contribution in [2.45, 2.75) is 19.1 Å². The van der Waals surface area contributed by atoms with Gasteiger partial charge in [-0.25, -0.2) is 4.79 Å². The van der Waals surface area contributed by atoms with Crippen molar-refractivity contribution in [1.29, 1.82) is 0 Å². The SMILES string of the molecule is CC(=O)O[C@@H](C(=O)Nc1ccc(-c2noc(=O)[nH]2)c(Cl)c1)[C@H]1OCCN(c2cccc(N3CCOCC3=O)c2)C1=O. The fourth-order valence-electron chi connectivity index (χ4n) is 4.47. The highest BCUT2D eigenvalue weighted by Gasteiger charge is 2.42. The van der Waals surface area contributed by atoms with Crippen molar-refractivity contribution in [1.82, 2.24) is 10.1 Å². The Hall–Kier alpha value is -4.53. The molecule has 2 N–H and O–H groups in total. The molecule has 3 amide bonds. The van der Waals surface area contributed by atoms with Crippen LogP contribution in [-0.2, 0) is 33.4 Å². The van der Waals surface area contributed by atoms with Gasteiger partial charge in [-0.3, -0.25) is 28.7 Å². The van der Waals surface area contributed by atoms with Gasteiger partial charge in [-0.2, -0.15) is 0 Å². The van der Waals surface area contributed by atoms with E-state index in [1.54, 1.807) is 29.2 Å². The maximum atomic E-state index is 13.6. The zero-order valence-electron chi connectivity index (χ0n) is 21.6. The standard InChI is InChI=1S/C26H24ClN5O9/c1-14(33)40-21(24(35)28-15-5-6-18(19(27)11-15)23-29-26(37)41-30-23)22-25(36)32(8-10-39-22)17-4-2-3-16(12-17)31-7-9-38-13-20(31)34/h2-6,11-12,21-22H,7-10,13H2,1H3,(H,28,35)(H,29,30,37)/t21-,22-/m1/s1. The molecule has 2 fully saturated rings. The highest BCUT2D eigenvalue weighted by atomic mass is 35.5. The first-order chi connectivity index (χ1) is 19.7. The van der Waals surface area contributed by atoms with Gasteiger partial charge in [0.25, 0.3) is 17.7 Å². The maximum absolute atomic E-state index is 13.6. The summed E-state index contributed by atoms with van der Waals surface area (Å²) in [6.07, 6.45) is -3.08. The number of aromatic nitrogens is 2. The summed E-state index contributed by atoms with van der Waals surface area (Å²) in [5.41, 5.74) is 1.63. The molecule has 3 aromatic rings. The molecule has 0 saturated carbocycles. The number of hydrogen-bond donors (Lipinski definition) is 2. The number of carbonyl (C=O) groups is 4. The molecule has 5 rings (SSSR count). The highest BCUT2D eigenvalue weighted by molar-refractivity contribution is 6.33. The number of ether oxygens (including phenoxy) is 3. The van der Waals surface area contributed by atoms with Crippen LogP contribution in [0, 0.1) is 0 Å². The van der Waals surface area contributed by atoms with Gasteiger partial charge in [0.15, 0.2) is 11.9 Å². The summed E-state index contributed by atoms with van der Waals surface area (Å²) in [5.74, 6) is -3.09. The average molecular weight is 586 g/mol. The number of nitrogens with one attached hydrogen (secondary N) is 2. The summed E-state index contributed by atoms with van der Waals surface area (Å²) in [6, 6.07) is 11.2. The molecule has 3 heterocycles. The fourth-order valence-corrected chi connectivity index (χ4v) is 4.74. The van der Waals surface area contributed by atoms with Crippen LogP contribution in [0.4, 0.5) is 17.1 Å². The topological polar surface area (TPSA) is 173 Å².